The molecule has 1 heterocycles. The minimum Gasteiger partial charge on any atom is -0.385 e. The monoisotopic (exact) mass is 295 g/mol. The van der Waals surface area contributed by atoms with Crippen molar-refractivity contribution in [2.24, 2.45) is 0 Å². The summed E-state index contributed by atoms with van der Waals surface area (Å²) < 4.78 is 0. The van der Waals surface area contributed by atoms with Gasteiger partial charge in [0.2, 0.25) is 0 Å². The van der Waals surface area contributed by atoms with Gasteiger partial charge in [-0.05, 0) is 44.8 Å². The lowest BCUT2D eigenvalue weighted by Crippen LogP contribution is -2.36. The third kappa shape index (κ3) is 3.33. The van der Waals surface area contributed by atoms with E-state index in [0.29, 0.717) is 18.7 Å². The molecule has 0 spiro atoms. The molecule has 1 aromatic heterocycles. The van der Waals surface area contributed by atoms with Crippen molar-refractivity contribution in [1.82, 2.24) is 9.88 Å². The molecular formula is C18H21N3O. The molecule has 0 aliphatic carbocycles. The average Bonchev–Trinajstić information content (AvgIpc) is 2.57. The maximum absolute atomic E-state index is 10.9. The Morgan fingerprint density at radius 1 is 1.18 bits per heavy atom. The predicted octanol–water partition coefficient (Wildman–Crippen LogP) is 2.53. The van der Waals surface area contributed by atoms with Crippen molar-refractivity contribution in [3.8, 4) is 6.07 Å². The van der Waals surface area contributed by atoms with Gasteiger partial charge in [-0.15, -0.1) is 0 Å². The first-order valence-electron chi connectivity index (χ1n) is 7.30. The first-order valence-corrected chi connectivity index (χ1v) is 7.30. The second-order valence-corrected chi connectivity index (χ2v) is 5.66. The summed E-state index contributed by atoms with van der Waals surface area (Å²) in [5, 5.41) is 20.8. The normalized spacial score (nSPS) is 15.0. The van der Waals surface area contributed by atoms with Crippen LogP contribution in [0.25, 0.3) is 0 Å². The molecule has 0 amide bonds. The minimum atomic E-state index is -1.01. The zero-order valence-electron chi connectivity index (χ0n) is 13.0. The van der Waals surface area contributed by atoms with Crippen molar-refractivity contribution in [3.63, 3.8) is 0 Å². The van der Waals surface area contributed by atoms with Crippen LogP contribution in [0.4, 0.5) is 0 Å². The number of benzene rings is 1. The fraction of sp³-hybridized carbons (Fsp3) is 0.333. The number of nitriles is 1. The maximum Gasteiger partial charge on any atom is 0.119 e. The lowest BCUT2D eigenvalue weighted by Gasteiger charge is -2.33. The molecule has 0 aliphatic rings. The van der Waals surface area contributed by atoms with Gasteiger partial charge in [-0.25, -0.2) is 0 Å². The first-order chi connectivity index (χ1) is 10.6. The Morgan fingerprint density at radius 2 is 1.86 bits per heavy atom. The quantitative estimate of drug-likeness (QED) is 0.889. The topological polar surface area (TPSA) is 60.2 Å². The summed E-state index contributed by atoms with van der Waals surface area (Å²) in [6.07, 6.45) is 1.19. The van der Waals surface area contributed by atoms with E-state index in [4.69, 9.17) is 0 Å². The zero-order valence-corrected chi connectivity index (χ0v) is 13.0. The smallest absolute Gasteiger partial charge is 0.119 e. The fourth-order valence-electron chi connectivity index (χ4n) is 2.55. The van der Waals surface area contributed by atoms with Gasteiger partial charge in [-0.1, -0.05) is 36.4 Å². The van der Waals surface area contributed by atoms with Crippen LogP contribution in [0.1, 0.15) is 23.8 Å². The van der Waals surface area contributed by atoms with Gasteiger partial charge in [0.25, 0.3) is 0 Å². The summed E-state index contributed by atoms with van der Waals surface area (Å²) in [6.45, 7) is 0.701. The Labute approximate surface area is 131 Å². The van der Waals surface area contributed by atoms with Gasteiger partial charge in [0.05, 0.1) is 11.8 Å². The molecule has 2 atom stereocenters. The Morgan fingerprint density at radius 3 is 2.41 bits per heavy atom. The summed E-state index contributed by atoms with van der Waals surface area (Å²) >= 11 is 0. The minimum absolute atomic E-state index is 0.520. The van der Waals surface area contributed by atoms with Crippen molar-refractivity contribution in [1.29, 1.82) is 5.26 Å². The van der Waals surface area contributed by atoms with Crippen LogP contribution in [0.5, 0.6) is 0 Å². The van der Waals surface area contributed by atoms with Crippen molar-refractivity contribution < 1.29 is 5.11 Å². The van der Waals surface area contributed by atoms with E-state index in [1.54, 1.807) is 18.3 Å². The largest absolute Gasteiger partial charge is 0.385 e. The van der Waals surface area contributed by atoms with Crippen molar-refractivity contribution in [2.75, 3.05) is 20.6 Å². The second kappa shape index (κ2) is 7.17. The van der Waals surface area contributed by atoms with Crippen LogP contribution in [0.15, 0.2) is 54.7 Å². The maximum atomic E-state index is 10.9. The molecule has 0 saturated carbocycles. The Kier molecular flexibility index (Phi) is 5.26. The van der Waals surface area contributed by atoms with Crippen LogP contribution in [0, 0.1) is 11.3 Å². The molecule has 0 bridgehead atoms. The standard InChI is InChI=1S/C18H21N3O/c1-21(2)13-11-18(14-19,15-8-4-3-5-9-15)17(22)16-10-6-7-12-20-16/h3-10,12,17,22H,11,13H2,1-2H3. The molecule has 22 heavy (non-hydrogen) atoms. The summed E-state index contributed by atoms with van der Waals surface area (Å²) in [4.78, 5) is 6.24. The number of pyridine rings is 1. The van der Waals surface area contributed by atoms with Gasteiger partial charge in [0.15, 0.2) is 0 Å². The van der Waals surface area contributed by atoms with Crippen molar-refractivity contribution in [3.05, 3.63) is 66.0 Å². The number of hydrogen-bond acceptors (Lipinski definition) is 4. The van der Waals surface area contributed by atoms with Gasteiger partial charge in [0, 0.05) is 6.20 Å². The van der Waals surface area contributed by atoms with Gasteiger partial charge < -0.3 is 10.0 Å². The Balaban J connectivity index is 2.47. The SMILES string of the molecule is CN(C)CCC(C#N)(c1ccccc1)C(O)c1ccccn1. The van der Waals surface area contributed by atoms with E-state index in [9.17, 15) is 10.4 Å². The van der Waals surface area contributed by atoms with E-state index in [1.165, 1.54) is 0 Å². The van der Waals surface area contributed by atoms with Crippen LogP contribution in [0.3, 0.4) is 0 Å². The molecule has 2 unspecified atom stereocenters. The average molecular weight is 295 g/mol. The number of nitrogens with zero attached hydrogens (tertiary/aromatic N) is 3. The number of aromatic nitrogens is 1. The zero-order chi connectivity index (χ0) is 16.0. The lowest BCUT2D eigenvalue weighted by atomic mass is 9.73. The Hall–Kier alpha value is -2.22. The molecule has 2 rings (SSSR count). The number of aliphatic hydroxyl groups excluding tert-OH is 1. The van der Waals surface area contributed by atoms with E-state index in [-0.39, 0.29) is 0 Å². The molecule has 4 heteroatoms. The molecule has 0 fully saturated rings. The molecule has 1 N–H and O–H groups in total. The van der Waals surface area contributed by atoms with Crippen molar-refractivity contribution >= 4 is 0 Å². The highest BCUT2D eigenvalue weighted by Gasteiger charge is 2.41. The third-order valence-electron chi connectivity index (χ3n) is 3.88. The number of rotatable bonds is 6. The molecular weight excluding hydrogens is 274 g/mol. The van der Waals surface area contributed by atoms with E-state index >= 15 is 0 Å². The van der Waals surface area contributed by atoms with E-state index in [1.807, 2.05) is 55.4 Å². The summed E-state index contributed by atoms with van der Waals surface area (Å²) in [5.74, 6) is 0. The molecule has 4 nitrogen and oxygen atoms in total. The Bertz CT molecular complexity index is 622. The number of hydrogen-bond donors (Lipinski definition) is 1. The van der Waals surface area contributed by atoms with Gasteiger partial charge in [-0.2, -0.15) is 5.26 Å². The first kappa shape index (κ1) is 16.2. The van der Waals surface area contributed by atoms with Crippen LogP contribution >= 0.6 is 0 Å². The summed E-state index contributed by atoms with van der Waals surface area (Å²) in [7, 11) is 3.92. The van der Waals surface area contributed by atoms with E-state index in [2.05, 4.69) is 11.1 Å². The molecule has 0 radical (unpaired) electrons. The van der Waals surface area contributed by atoms with Crippen LogP contribution in [-0.4, -0.2) is 35.6 Å². The van der Waals surface area contributed by atoms with E-state index < -0.39 is 11.5 Å². The van der Waals surface area contributed by atoms with Crippen LogP contribution in [0.2, 0.25) is 0 Å². The van der Waals surface area contributed by atoms with Gasteiger partial charge >= 0.3 is 0 Å². The van der Waals surface area contributed by atoms with Gasteiger partial charge in [0.1, 0.15) is 11.5 Å². The third-order valence-corrected chi connectivity index (χ3v) is 3.88. The molecule has 114 valence electrons. The van der Waals surface area contributed by atoms with Gasteiger partial charge in [-0.3, -0.25) is 4.98 Å². The molecule has 0 aliphatic heterocycles. The van der Waals surface area contributed by atoms with E-state index in [0.717, 1.165) is 5.56 Å². The summed E-state index contributed by atoms with van der Waals surface area (Å²) in [5.41, 5.74) is 0.323. The highest BCUT2D eigenvalue weighted by molar-refractivity contribution is 5.36. The fourth-order valence-corrected chi connectivity index (χ4v) is 2.55. The number of aliphatic hydroxyl groups is 1. The molecule has 2 aromatic rings. The molecule has 1 aromatic carbocycles. The lowest BCUT2D eigenvalue weighted by molar-refractivity contribution is 0.0958. The second-order valence-electron chi connectivity index (χ2n) is 5.66. The van der Waals surface area contributed by atoms with Crippen LogP contribution in [-0.2, 0) is 5.41 Å². The predicted molar refractivity (Wildman–Crippen MR) is 86.1 cm³/mol. The van der Waals surface area contributed by atoms with Crippen molar-refractivity contribution in [2.45, 2.75) is 17.9 Å². The highest BCUT2D eigenvalue weighted by atomic mass is 16.3. The van der Waals surface area contributed by atoms with Crippen LogP contribution < -0.4 is 0 Å². The summed E-state index contributed by atoms with van der Waals surface area (Å²) in [6, 6.07) is 17.2. The molecule has 0 saturated heterocycles. The highest BCUT2D eigenvalue weighted by Crippen LogP contribution is 2.39.